The first-order chi connectivity index (χ1) is 10.6. The number of halogens is 2. The third-order valence-electron chi connectivity index (χ3n) is 3.54. The molecular formula is C14H15Cl2N5O. The van der Waals surface area contributed by atoms with E-state index >= 15 is 0 Å². The van der Waals surface area contributed by atoms with Gasteiger partial charge < -0.3 is 10.6 Å². The van der Waals surface area contributed by atoms with Crippen molar-refractivity contribution in [2.24, 2.45) is 5.92 Å². The highest BCUT2D eigenvalue weighted by molar-refractivity contribution is 6.37. The van der Waals surface area contributed by atoms with Crippen LogP contribution < -0.4 is 10.6 Å². The fourth-order valence-electron chi connectivity index (χ4n) is 2.20. The van der Waals surface area contributed by atoms with E-state index in [4.69, 9.17) is 23.2 Å². The SMILES string of the molecule is Cc1nc(C(=O)NCC2CNC2)nn1-c1c(Cl)cccc1Cl. The highest BCUT2D eigenvalue weighted by atomic mass is 35.5. The number of nitrogens with zero attached hydrogens (tertiary/aromatic N) is 3. The van der Waals surface area contributed by atoms with Gasteiger partial charge in [-0.05, 0) is 19.1 Å². The summed E-state index contributed by atoms with van der Waals surface area (Å²) in [5.74, 6) is 0.841. The van der Waals surface area contributed by atoms with Crippen molar-refractivity contribution in [1.29, 1.82) is 0 Å². The molecule has 3 rings (SSSR count). The Bertz CT molecular complexity index is 691. The molecule has 2 aromatic rings. The van der Waals surface area contributed by atoms with Gasteiger partial charge >= 0.3 is 0 Å². The van der Waals surface area contributed by atoms with Crippen molar-refractivity contribution in [2.75, 3.05) is 19.6 Å². The normalized spacial score (nSPS) is 14.7. The molecule has 22 heavy (non-hydrogen) atoms. The van der Waals surface area contributed by atoms with Gasteiger partial charge in [0.25, 0.3) is 5.91 Å². The summed E-state index contributed by atoms with van der Waals surface area (Å²) < 4.78 is 1.49. The van der Waals surface area contributed by atoms with Crippen LogP contribution in [0.2, 0.25) is 10.0 Å². The number of hydrogen-bond donors (Lipinski definition) is 2. The van der Waals surface area contributed by atoms with Crippen molar-refractivity contribution in [3.63, 3.8) is 0 Å². The van der Waals surface area contributed by atoms with E-state index in [9.17, 15) is 4.79 Å². The molecule has 6 nitrogen and oxygen atoms in total. The van der Waals surface area contributed by atoms with E-state index in [1.807, 2.05) is 0 Å². The van der Waals surface area contributed by atoms with Crippen LogP contribution >= 0.6 is 23.2 Å². The fraction of sp³-hybridized carbons (Fsp3) is 0.357. The smallest absolute Gasteiger partial charge is 0.290 e. The first kappa shape index (κ1) is 15.3. The van der Waals surface area contributed by atoms with E-state index < -0.39 is 0 Å². The van der Waals surface area contributed by atoms with Gasteiger partial charge in [-0.25, -0.2) is 9.67 Å². The Balaban J connectivity index is 1.82. The lowest BCUT2D eigenvalue weighted by Gasteiger charge is -2.26. The molecule has 0 unspecified atom stereocenters. The molecule has 0 bridgehead atoms. The average molecular weight is 340 g/mol. The maximum Gasteiger partial charge on any atom is 0.290 e. The Morgan fingerprint density at radius 1 is 1.41 bits per heavy atom. The van der Waals surface area contributed by atoms with Crippen LogP contribution in [0.4, 0.5) is 0 Å². The van der Waals surface area contributed by atoms with E-state index in [0.717, 1.165) is 13.1 Å². The Morgan fingerprint density at radius 3 is 2.68 bits per heavy atom. The molecule has 0 spiro atoms. The van der Waals surface area contributed by atoms with E-state index in [0.29, 0.717) is 34.0 Å². The first-order valence-electron chi connectivity index (χ1n) is 6.93. The summed E-state index contributed by atoms with van der Waals surface area (Å²) in [4.78, 5) is 16.3. The van der Waals surface area contributed by atoms with Gasteiger partial charge in [0, 0.05) is 25.6 Å². The quantitative estimate of drug-likeness (QED) is 0.891. The topological polar surface area (TPSA) is 71.8 Å². The van der Waals surface area contributed by atoms with Crippen molar-refractivity contribution >= 4 is 29.1 Å². The molecule has 1 saturated heterocycles. The van der Waals surface area contributed by atoms with Crippen molar-refractivity contribution in [3.05, 3.63) is 39.9 Å². The summed E-state index contributed by atoms with van der Waals surface area (Å²) in [6.45, 7) is 4.22. The highest BCUT2D eigenvalue weighted by Gasteiger charge is 2.21. The minimum atomic E-state index is -0.295. The molecule has 2 heterocycles. The van der Waals surface area contributed by atoms with E-state index in [-0.39, 0.29) is 11.7 Å². The van der Waals surface area contributed by atoms with Crippen LogP contribution in [-0.4, -0.2) is 40.3 Å². The van der Waals surface area contributed by atoms with Gasteiger partial charge in [-0.1, -0.05) is 29.3 Å². The predicted molar refractivity (Wildman–Crippen MR) is 84.8 cm³/mol. The summed E-state index contributed by atoms with van der Waals surface area (Å²) >= 11 is 12.3. The molecule has 1 fully saturated rings. The van der Waals surface area contributed by atoms with Gasteiger partial charge in [-0.15, -0.1) is 5.10 Å². The third-order valence-corrected chi connectivity index (χ3v) is 4.15. The van der Waals surface area contributed by atoms with Crippen LogP contribution in [0.25, 0.3) is 5.69 Å². The Hall–Kier alpha value is -1.63. The maximum atomic E-state index is 12.1. The number of amides is 1. The minimum Gasteiger partial charge on any atom is -0.349 e. The van der Waals surface area contributed by atoms with Crippen LogP contribution in [0, 0.1) is 12.8 Å². The number of aromatic nitrogens is 3. The lowest BCUT2D eigenvalue weighted by Crippen LogP contribution is -2.48. The van der Waals surface area contributed by atoms with E-state index in [1.165, 1.54) is 4.68 Å². The number of nitrogens with one attached hydrogen (secondary N) is 2. The number of aryl methyl sites for hydroxylation is 1. The summed E-state index contributed by atoms with van der Waals surface area (Å²) in [5.41, 5.74) is 0.526. The molecule has 1 aromatic heterocycles. The maximum absolute atomic E-state index is 12.1. The third kappa shape index (κ3) is 2.95. The van der Waals surface area contributed by atoms with Crippen LogP contribution in [-0.2, 0) is 0 Å². The van der Waals surface area contributed by atoms with Crippen molar-refractivity contribution in [2.45, 2.75) is 6.92 Å². The van der Waals surface area contributed by atoms with Gasteiger partial charge in [0.15, 0.2) is 0 Å². The second-order valence-electron chi connectivity index (χ2n) is 5.20. The second-order valence-corrected chi connectivity index (χ2v) is 6.01. The number of benzene rings is 1. The molecule has 0 saturated carbocycles. The summed E-state index contributed by atoms with van der Waals surface area (Å²) in [5, 5.41) is 11.1. The molecule has 1 aromatic carbocycles. The van der Waals surface area contributed by atoms with Crippen molar-refractivity contribution in [3.8, 4) is 5.69 Å². The molecule has 0 radical (unpaired) electrons. The zero-order chi connectivity index (χ0) is 15.7. The highest BCUT2D eigenvalue weighted by Crippen LogP contribution is 2.28. The van der Waals surface area contributed by atoms with Gasteiger partial charge in [0.05, 0.1) is 10.0 Å². The summed E-state index contributed by atoms with van der Waals surface area (Å²) in [6, 6.07) is 5.18. The van der Waals surface area contributed by atoms with Crippen molar-refractivity contribution < 1.29 is 4.79 Å². The second kappa shape index (κ2) is 6.24. The average Bonchev–Trinajstić information content (AvgIpc) is 2.79. The molecule has 0 aliphatic carbocycles. The van der Waals surface area contributed by atoms with E-state index in [1.54, 1.807) is 25.1 Å². The molecule has 8 heteroatoms. The molecule has 1 amide bonds. The number of hydrogen-bond acceptors (Lipinski definition) is 4. The van der Waals surface area contributed by atoms with Crippen LogP contribution in [0.3, 0.4) is 0 Å². The number of carbonyl (C=O) groups excluding carboxylic acids is 1. The monoisotopic (exact) mass is 339 g/mol. The van der Waals surface area contributed by atoms with Gasteiger partial charge in [0.2, 0.25) is 5.82 Å². The van der Waals surface area contributed by atoms with Gasteiger partial charge in [0.1, 0.15) is 11.5 Å². The molecule has 116 valence electrons. The van der Waals surface area contributed by atoms with Crippen LogP contribution in [0.5, 0.6) is 0 Å². The molecule has 2 N–H and O–H groups in total. The number of rotatable bonds is 4. The van der Waals surface area contributed by atoms with E-state index in [2.05, 4.69) is 20.7 Å². The zero-order valence-electron chi connectivity index (χ0n) is 11.9. The number of para-hydroxylation sites is 1. The Morgan fingerprint density at radius 2 is 2.09 bits per heavy atom. The van der Waals surface area contributed by atoms with Crippen molar-refractivity contribution in [1.82, 2.24) is 25.4 Å². The van der Waals surface area contributed by atoms with Gasteiger partial charge in [-0.3, -0.25) is 4.79 Å². The molecule has 0 atom stereocenters. The van der Waals surface area contributed by atoms with Gasteiger partial charge in [-0.2, -0.15) is 0 Å². The standard InChI is InChI=1S/C14H15Cl2N5O/c1-8-19-13(14(22)18-7-9-5-17-6-9)20-21(8)12-10(15)3-2-4-11(12)16/h2-4,9,17H,5-7H2,1H3,(H,18,22). The van der Waals surface area contributed by atoms with Crippen LogP contribution in [0.15, 0.2) is 18.2 Å². The largest absolute Gasteiger partial charge is 0.349 e. The summed E-state index contributed by atoms with van der Waals surface area (Å²) in [6.07, 6.45) is 0. The fourth-order valence-corrected chi connectivity index (χ4v) is 2.76. The predicted octanol–water partition coefficient (Wildman–Crippen LogP) is 1.83. The van der Waals surface area contributed by atoms with Crippen LogP contribution in [0.1, 0.15) is 16.4 Å². The zero-order valence-corrected chi connectivity index (χ0v) is 13.4. The minimum absolute atomic E-state index is 0.112. The Labute approximate surface area is 137 Å². The first-order valence-corrected chi connectivity index (χ1v) is 7.69. The Kier molecular flexibility index (Phi) is 4.33. The molecular weight excluding hydrogens is 325 g/mol. The lowest BCUT2D eigenvalue weighted by atomic mass is 10.0. The summed E-state index contributed by atoms with van der Waals surface area (Å²) in [7, 11) is 0. The number of carbonyl (C=O) groups is 1. The molecule has 1 aliphatic heterocycles. The molecule has 1 aliphatic rings. The lowest BCUT2D eigenvalue weighted by molar-refractivity contribution is 0.0932.